The van der Waals surface area contributed by atoms with Gasteiger partial charge in [-0.25, -0.2) is 9.67 Å². The van der Waals surface area contributed by atoms with Crippen LogP contribution < -0.4 is 0 Å². The lowest BCUT2D eigenvalue weighted by Crippen LogP contribution is -2.19. The Balaban J connectivity index is 2.10. The average molecular weight is 296 g/mol. The summed E-state index contributed by atoms with van der Waals surface area (Å²) in [5.74, 6) is 0. The molecule has 17 heavy (non-hydrogen) atoms. The van der Waals surface area contributed by atoms with Gasteiger partial charge >= 0.3 is 0 Å². The average Bonchev–Trinajstić information content (AvgIpc) is 2.74. The summed E-state index contributed by atoms with van der Waals surface area (Å²) in [5.41, 5.74) is 2.07. The van der Waals surface area contributed by atoms with Gasteiger partial charge in [0.1, 0.15) is 4.60 Å². The Morgan fingerprint density at radius 3 is 3.12 bits per heavy atom. The number of hydrogen-bond donors (Lipinski definition) is 0. The lowest BCUT2D eigenvalue weighted by Gasteiger charge is -2.23. The minimum absolute atomic E-state index is 0.0722. The summed E-state index contributed by atoms with van der Waals surface area (Å²) in [7, 11) is 0. The third-order valence-electron chi connectivity index (χ3n) is 3.14. The van der Waals surface area contributed by atoms with E-state index in [1.165, 1.54) is 6.42 Å². The van der Waals surface area contributed by atoms with Crippen molar-refractivity contribution in [3.63, 3.8) is 0 Å². The van der Waals surface area contributed by atoms with Gasteiger partial charge in [0.25, 0.3) is 0 Å². The van der Waals surface area contributed by atoms with E-state index in [1.807, 2.05) is 23.9 Å². The molecule has 0 amide bonds. The Labute approximate surface area is 108 Å². The van der Waals surface area contributed by atoms with Gasteiger partial charge in [0, 0.05) is 12.0 Å². The summed E-state index contributed by atoms with van der Waals surface area (Å²) in [6, 6.07) is 1.99. The van der Waals surface area contributed by atoms with Gasteiger partial charge in [-0.15, -0.1) is 0 Å². The van der Waals surface area contributed by atoms with Gasteiger partial charge in [-0.1, -0.05) is 0 Å². The molecule has 1 aliphatic heterocycles. The highest BCUT2D eigenvalue weighted by Crippen LogP contribution is 2.28. The summed E-state index contributed by atoms with van der Waals surface area (Å²) in [4.78, 5) is 4.43. The van der Waals surface area contributed by atoms with Crippen LogP contribution in [0.4, 0.5) is 0 Å². The van der Waals surface area contributed by atoms with Crippen LogP contribution in [0.25, 0.3) is 10.9 Å². The molecule has 1 fully saturated rings. The van der Waals surface area contributed by atoms with E-state index in [0.717, 1.165) is 40.6 Å². The first-order chi connectivity index (χ1) is 8.25. The van der Waals surface area contributed by atoms with Gasteiger partial charge in [0.2, 0.25) is 0 Å². The first-order valence-electron chi connectivity index (χ1n) is 5.87. The van der Waals surface area contributed by atoms with Crippen molar-refractivity contribution in [2.75, 3.05) is 6.61 Å². The second-order valence-corrected chi connectivity index (χ2v) is 5.19. The van der Waals surface area contributed by atoms with Crippen LogP contribution in [0.15, 0.2) is 16.9 Å². The fraction of sp³-hybridized carbons (Fsp3) is 0.500. The van der Waals surface area contributed by atoms with Gasteiger partial charge in [0.15, 0.2) is 6.23 Å². The van der Waals surface area contributed by atoms with E-state index in [9.17, 15) is 0 Å². The van der Waals surface area contributed by atoms with Gasteiger partial charge < -0.3 is 4.74 Å². The summed E-state index contributed by atoms with van der Waals surface area (Å²) >= 11 is 3.41. The van der Waals surface area contributed by atoms with Crippen molar-refractivity contribution in [3.05, 3.63) is 22.6 Å². The van der Waals surface area contributed by atoms with Crippen molar-refractivity contribution in [2.45, 2.75) is 32.4 Å². The highest BCUT2D eigenvalue weighted by atomic mass is 79.9. The summed E-state index contributed by atoms with van der Waals surface area (Å²) in [6.07, 6.45) is 5.34. The number of fused-ring (bicyclic) bond motifs is 1. The van der Waals surface area contributed by atoms with Crippen LogP contribution in [0.3, 0.4) is 0 Å². The third-order valence-corrected chi connectivity index (χ3v) is 3.55. The molecule has 4 nitrogen and oxygen atoms in total. The molecular weight excluding hydrogens is 282 g/mol. The molecule has 5 heteroatoms. The van der Waals surface area contributed by atoms with Crippen molar-refractivity contribution in [1.29, 1.82) is 0 Å². The SMILES string of the molecule is Cc1nc(Br)cc2cnn(C3CCCCO3)c12. The molecule has 2 aromatic heterocycles. The first kappa shape index (κ1) is 11.2. The molecule has 1 aliphatic rings. The van der Waals surface area contributed by atoms with Crippen molar-refractivity contribution >= 4 is 26.8 Å². The van der Waals surface area contributed by atoms with Crippen LogP contribution in [-0.4, -0.2) is 21.4 Å². The minimum atomic E-state index is 0.0722. The Morgan fingerprint density at radius 2 is 2.35 bits per heavy atom. The molecule has 3 heterocycles. The van der Waals surface area contributed by atoms with Crippen LogP contribution in [0.5, 0.6) is 0 Å². The molecule has 0 bridgehead atoms. The molecule has 1 saturated heterocycles. The molecule has 0 N–H and O–H groups in total. The zero-order chi connectivity index (χ0) is 11.8. The fourth-order valence-electron chi connectivity index (χ4n) is 2.36. The summed E-state index contributed by atoms with van der Waals surface area (Å²) in [6.45, 7) is 2.84. The number of aryl methyl sites for hydroxylation is 1. The number of nitrogens with zero attached hydrogens (tertiary/aromatic N) is 3. The number of aromatic nitrogens is 3. The predicted octanol–water partition coefficient (Wildman–Crippen LogP) is 3.20. The number of rotatable bonds is 1. The Morgan fingerprint density at radius 1 is 1.47 bits per heavy atom. The van der Waals surface area contributed by atoms with E-state index in [1.54, 1.807) is 0 Å². The molecule has 1 atom stereocenters. The van der Waals surface area contributed by atoms with Gasteiger partial charge in [-0.2, -0.15) is 5.10 Å². The van der Waals surface area contributed by atoms with Gasteiger partial charge in [-0.3, -0.25) is 0 Å². The second-order valence-electron chi connectivity index (χ2n) is 4.38. The van der Waals surface area contributed by atoms with Crippen LogP contribution >= 0.6 is 15.9 Å². The number of ether oxygens (including phenoxy) is 1. The highest BCUT2D eigenvalue weighted by Gasteiger charge is 2.19. The summed E-state index contributed by atoms with van der Waals surface area (Å²) < 4.78 is 8.61. The Bertz CT molecular complexity index is 546. The molecular formula is C12H14BrN3O. The van der Waals surface area contributed by atoms with E-state index in [2.05, 4.69) is 26.0 Å². The maximum atomic E-state index is 5.78. The Kier molecular flexibility index (Phi) is 2.88. The van der Waals surface area contributed by atoms with E-state index >= 15 is 0 Å². The predicted molar refractivity (Wildman–Crippen MR) is 68.8 cm³/mol. The van der Waals surface area contributed by atoms with Crippen LogP contribution in [0.2, 0.25) is 0 Å². The molecule has 0 saturated carbocycles. The zero-order valence-electron chi connectivity index (χ0n) is 9.69. The quantitative estimate of drug-likeness (QED) is 0.759. The van der Waals surface area contributed by atoms with Crippen molar-refractivity contribution in [2.24, 2.45) is 0 Å². The van der Waals surface area contributed by atoms with Gasteiger partial charge in [-0.05, 0) is 48.2 Å². The minimum Gasteiger partial charge on any atom is -0.356 e. The first-order valence-corrected chi connectivity index (χ1v) is 6.67. The zero-order valence-corrected chi connectivity index (χ0v) is 11.3. The van der Waals surface area contributed by atoms with E-state index < -0.39 is 0 Å². The smallest absolute Gasteiger partial charge is 0.150 e. The van der Waals surface area contributed by atoms with E-state index in [-0.39, 0.29) is 6.23 Å². The topological polar surface area (TPSA) is 39.9 Å². The van der Waals surface area contributed by atoms with E-state index in [4.69, 9.17) is 4.74 Å². The van der Waals surface area contributed by atoms with Crippen molar-refractivity contribution < 1.29 is 4.74 Å². The molecule has 0 aromatic carbocycles. The number of halogens is 1. The normalized spacial score (nSPS) is 20.9. The fourth-order valence-corrected chi connectivity index (χ4v) is 2.88. The maximum absolute atomic E-state index is 5.78. The maximum Gasteiger partial charge on any atom is 0.150 e. The summed E-state index contributed by atoms with van der Waals surface area (Å²) in [5, 5.41) is 5.56. The second kappa shape index (κ2) is 4.38. The van der Waals surface area contributed by atoms with Crippen LogP contribution in [0, 0.1) is 6.92 Å². The van der Waals surface area contributed by atoms with E-state index in [0.29, 0.717) is 0 Å². The molecule has 0 aliphatic carbocycles. The number of hydrogen-bond acceptors (Lipinski definition) is 3. The largest absolute Gasteiger partial charge is 0.356 e. The standard InChI is InChI=1S/C12H14BrN3O/c1-8-12-9(6-10(13)15-8)7-14-16(12)11-4-2-3-5-17-11/h6-7,11H,2-5H2,1H3. The third kappa shape index (κ3) is 1.98. The van der Waals surface area contributed by atoms with Gasteiger partial charge in [0.05, 0.1) is 17.4 Å². The van der Waals surface area contributed by atoms with Crippen molar-refractivity contribution in [1.82, 2.24) is 14.8 Å². The molecule has 2 aromatic rings. The molecule has 90 valence electrons. The van der Waals surface area contributed by atoms with Crippen LogP contribution in [-0.2, 0) is 4.74 Å². The molecule has 1 unspecified atom stereocenters. The molecule has 3 rings (SSSR count). The Hall–Kier alpha value is -0.940. The van der Waals surface area contributed by atoms with Crippen molar-refractivity contribution in [3.8, 4) is 0 Å². The monoisotopic (exact) mass is 295 g/mol. The van der Waals surface area contributed by atoms with Crippen LogP contribution in [0.1, 0.15) is 31.2 Å². The lowest BCUT2D eigenvalue weighted by molar-refractivity contribution is -0.0367. The molecule has 0 spiro atoms. The highest BCUT2D eigenvalue weighted by molar-refractivity contribution is 9.10. The number of pyridine rings is 1. The lowest BCUT2D eigenvalue weighted by atomic mass is 10.2. The molecule has 0 radical (unpaired) electrons.